The summed E-state index contributed by atoms with van der Waals surface area (Å²) in [5, 5.41) is 12.9. The van der Waals surface area contributed by atoms with Crippen LogP contribution in [0.15, 0.2) is 42.7 Å². The van der Waals surface area contributed by atoms with Gasteiger partial charge in [0.1, 0.15) is 17.2 Å². The maximum Gasteiger partial charge on any atom is 0.387 e. The number of nitrogens with zero attached hydrogens (tertiary/aromatic N) is 3. The van der Waals surface area contributed by atoms with E-state index in [9.17, 15) is 13.9 Å². The molecule has 3 aromatic heterocycles. The topological polar surface area (TPSA) is 71.7 Å². The smallest absolute Gasteiger partial charge is 0.387 e. The van der Waals surface area contributed by atoms with Crippen LogP contribution in [0.1, 0.15) is 19.3 Å². The fourth-order valence-electron chi connectivity index (χ4n) is 3.62. The van der Waals surface area contributed by atoms with E-state index in [1.807, 2.05) is 18.2 Å². The van der Waals surface area contributed by atoms with Gasteiger partial charge in [0.25, 0.3) is 0 Å². The quantitative estimate of drug-likeness (QED) is 0.690. The number of anilines is 1. The number of ether oxygens (including phenoxy) is 1. The zero-order valence-corrected chi connectivity index (χ0v) is 14.6. The number of aliphatic hydroxyl groups is 1. The number of pyridine rings is 2. The lowest BCUT2D eigenvalue weighted by atomic mass is 10.1. The average Bonchev–Trinajstić information content (AvgIpc) is 3.27. The SMILES string of the molecule is OC[C@H]1CCC[C@@H]1Nc1cccc(-c2cnc3ccc(OC(F)F)cn23)n1. The van der Waals surface area contributed by atoms with Gasteiger partial charge in [0, 0.05) is 18.6 Å². The van der Waals surface area contributed by atoms with Crippen LogP contribution >= 0.6 is 0 Å². The van der Waals surface area contributed by atoms with Crippen LogP contribution in [0.4, 0.5) is 14.6 Å². The van der Waals surface area contributed by atoms with E-state index in [2.05, 4.69) is 20.0 Å². The van der Waals surface area contributed by atoms with Gasteiger partial charge in [0.15, 0.2) is 0 Å². The second-order valence-electron chi connectivity index (χ2n) is 6.65. The van der Waals surface area contributed by atoms with Crippen LogP contribution in [-0.4, -0.2) is 38.7 Å². The molecule has 27 heavy (non-hydrogen) atoms. The maximum absolute atomic E-state index is 12.5. The fraction of sp³-hybridized carbons (Fsp3) is 0.368. The molecule has 0 spiro atoms. The molecule has 142 valence electrons. The van der Waals surface area contributed by atoms with Crippen molar-refractivity contribution in [1.29, 1.82) is 0 Å². The molecule has 0 bridgehead atoms. The molecule has 3 heterocycles. The molecule has 4 rings (SSSR count). The second kappa shape index (κ2) is 7.48. The maximum atomic E-state index is 12.5. The van der Waals surface area contributed by atoms with Gasteiger partial charge < -0.3 is 15.2 Å². The van der Waals surface area contributed by atoms with Crippen LogP contribution in [0.3, 0.4) is 0 Å². The van der Waals surface area contributed by atoms with Gasteiger partial charge >= 0.3 is 6.61 Å². The third-order valence-corrected chi connectivity index (χ3v) is 4.94. The van der Waals surface area contributed by atoms with E-state index >= 15 is 0 Å². The number of rotatable bonds is 6. The molecule has 1 saturated carbocycles. The summed E-state index contributed by atoms with van der Waals surface area (Å²) >= 11 is 0. The van der Waals surface area contributed by atoms with Crippen LogP contribution in [0, 0.1) is 5.92 Å². The predicted octanol–water partition coefficient (Wildman–Crippen LogP) is 3.57. The van der Waals surface area contributed by atoms with Crippen molar-refractivity contribution in [1.82, 2.24) is 14.4 Å². The number of aliphatic hydroxyl groups excluding tert-OH is 1. The molecule has 6 nitrogen and oxygen atoms in total. The first-order chi connectivity index (χ1) is 13.1. The normalized spacial score (nSPS) is 19.7. The Hall–Kier alpha value is -2.74. The number of nitrogens with one attached hydrogen (secondary N) is 1. The van der Waals surface area contributed by atoms with Crippen molar-refractivity contribution in [2.75, 3.05) is 11.9 Å². The molecule has 2 N–H and O–H groups in total. The number of imidazole rings is 1. The molecule has 0 unspecified atom stereocenters. The van der Waals surface area contributed by atoms with E-state index in [1.165, 1.54) is 12.3 Å². The number of alkyl halides is 2. The lowest BCUT2D eigenvalue weighted by Crippen LogP contribution is -2.26. The summed E-state index contributed by atoms with van der Waals surface area (Å²) in [4.78, 5) is 8.95. The van der Waals surface area contributed by atoms with Crippen molar-refractivity contribution in [3.8, 4) is 17.1 Å². The molecule has 0 aliphatic heterocycles. The summed E-state index contributed by atoms with van der Waals surface area (Å²) in [7, 11) is 0. The van der Waals surface area contributed by atoms with E-state index in [0.717, 1.165) is 19.3 Å². The second-order valence-corrected chi connectivity index (χ2v) is 6.65. The molecular weight excluding hydrogens is 354 g/mol. The van der Waals surface area contributed by atoms with Crippen molar-refractivity contribution in [3.63, 3.8) is 0 Å². The van der Waals surface area contributed by atoms with Crippen LogP contribution in [0.25, 0.3) is 17.0 Å². The molecule has 0 radical (unpaired) electrons. The van der Waals surface area contributed by atoms with Crippen molar-refractivity contribution >= 4 is 11.5 Å². The van der Waals surface area contributed by atoms with Crippen LogP contribution in [-0.2, 0) is 0 Å². The van der Waals surface area contributed by atoms with Gasteiger partial charge in [-0.05, 0) is 37.1 Å². The Morgan fingerprint density at radius 1 is 1.26 bits per heavy atom. The first-order valence-electron chi connectivity index (χ1n) is 8.91. The first-order valence-corrected chi connectivity index (χ1v) is 8.91. The summed E-state index contributed by atoms with van der Waals surface area (Å²) < 4.78 is 31.1. The molecule has 2 atom stereocenters. The van der Waals surface area contributed by atoms with Gasteiger partial charge in [-0.2, -0.15) is 8.78 Å². The lowest BCUT2D eigenvalue weighted by molar-refractivity contribution is -0.0501. The van der Waals surface area contributed by atoms with Gasteiger partial charge in [0.2, 0.25) is 0 Å². The van der Waals surface area contributed by atoms with E-state index in [0.29, 0.717) is 22.9 Å². The predicted molar refractivity (Wildman–Crippen MR) is 96.9 cm³/mol. The van der Waals surface area contributed by atoms with E-state index in [1.54, 1.807) is 16.7 Å². The Labute approximate surface area is 154 Å². The summed E-state index contributed by atoms with van der Waals surface area (Å²) in [5.41, 5.74) is 1.96. The Balaban J connectivity index is 1.63. The minimum atomic E-state index is -2.88. The van der Waals surface area contributed by atoms with Gasteiger partial charge in [-0.3, -0.25) is 4.40 Å². The number of halogens is 2. The molecular formula is C19H20F2N4O2. The summed E-state index contributed by atoms with van der Waals surface area (Å²) in [6.07, 6.45) is 6.22. The van der Waals surface area contributed by atoms with Crippen molar-refractivity contribution in [2.24, 2.45) is 5.92 Å². The van der Waals surface area contributed by atoms with Gasteiger partial charge in [-0.25, -0.2) is 9.97 Å². The molecule has 1 fully saturated rings. The molecule has 0 amide bonds. The lowest BCUT2D eigenvalue weighted by Gasteiger charge is -2.19. The molecule has 1 aliphatic carbocycles. The Bertz CT molecular complexity index is 931. The number of fused-ring (bicyclic) bond motifs is 1. The Kier molecular flexibility index (Phi) is 4.89. The fourth-order valence-corrected chi connectivity index (χ4v) is 3.62. The number of hydrogen-bond donors (Lipinski definition) is 2. The zero-order chi connectivity index (χ0) is 18.8. The minimum absolute atomic E-state index is 0.0581. The third-order valence-electron chi connectivity index (χ3n) is 4.94. The van der Waals surface area contributed by atoms with Crippen molar-refractivity contribution in [2.45, 2.75) is 31.9 Å². The highest BCUT2D eigenvalue weighted by molar-refractivity contribution is 5.62. The number of aromatic nitrogens is 3. The standard InChI is InChI=1S/C19H20F2N4O2/c20-19(21)27-13-7-8-18-22-9-16(25(18)10-13)15-5-2-6-17(24-15)23-14-4-1-3-12(14)11-26/h2,5-10,12,14,19,26H,1,3-4,11H2,(H,23,24)/t12-,14+/m1/s1. The molecule has 0 saturated heterocycles. The third kappa shape index (κ3) is 3.71. The Morgan fingerprint density at radius 3 is 2.96 bits per heavy atom. The van der Waals surface area contributed by atoms with Crippen molar-refractivity contribution in [3.05, 3.63) is 42.7 Å². The highest BCUT2D eigenvalue weighted by atomic mass is 19.3. The molecule has 3 aromatic rings. The highest BCUT2D eigenvalue weighted by Gasteiger charge is 2.26. The van der Waals surface area contributed by atoms with Gasteiger partial charge in [-0.15, -0.1) is 0 Å². The zero-order valence-electron chi connectivity index (χ0n) is 14.6. The molecule has 0 aromatic carbocycles. The van der Waals surface area contributed by atoms with E-state index < -0.39 is 6.61 Å². The summed E-state index contributed by atoms with van der Waals surface area (Å²) in [6, 6.07) is 8.88. The Morgan fingerprint density at radius 2 is 2.15 bits per heavy atom. The van der Waals surface area contributed by atoms with Crippen LogP contribution < -0.4 is 10.1 Å². The van der Waals surface area contributed by atoms with Crippen molar-refractivity contribution < 1.29 is 18.6 Å². The van der Waals surface area contributed by atoms with Gasteiger partial charge in [-0.1, -0.05) is 12.5 Å². The van der Waals surface area contributed by atoms with Gasteiger partial charge in [0.05, 0.1) is 23.8 Å². The van der Waals surface area contributed by atoms with E-state index in [4.69, 9.17) is 0 Å². The largest absolute Gasteiger partial charge is 0.433 e. The average molecular weight is 374 g/mol. The summed E-state index contributed by atoms with van der Waals surface area (Å²) in [5.74, 6) is 1.01. The van der Waals surface area contributed by atoms with E-state index in [-0.39, 0.29) is 24.3 Å². The molecule has 8 heteroatoms. The first kappa shape index (κ1) is 17.7. The minimum Gasteiger partial charge on any atom is -0.433 e. The monoisotopic (exact) mass is 374 g/mol. The van der Waals surface area contributed by atoms with Crippen LogP contribution in [0.5, 0.6) is 5.75 Å². The highest BCUT2D eigenvalue weighted by Crippen LogP contribution is 2.29. The number of hydrogen-bond acceptors (Lipinski definition) is 5. The summed E-state index contributed by atoms with van der Waals surface area (Å²) in [6.45, 7) is -2.72. The van der Waals surface area contributed by atoms with Crippen LogP contribution in [0.2, 0.25) is 0 Å². The molecule has 1 aliphatic rings.